The molecule has 0 aromatic carbocycles. The van der Waals surface area contributed by atoms with Gasteiger partial charge in [-0.1, -0.05) is 11.6 Å². The van der Waals surface area contributed by atoms with E-state index in [4.69, 9.17) is 16.7 Å². The predicted molar refractivity (Wildman–Crippen MR) is 64.6 cm³/mol. The number of hydrogen-bond acceptors (Lipinski definition) is 4. The molecule has 0 aliphatic heterocycles. The Bertz CT molecular complexity index is 563. The summed E-state index contributed by atoms with van der Waals surface area (Å²) in [4.78, 5) is 19.1. The molecule has 0 fully saturated rings. The van der Waals surface area contributed by atoms with Gasteiger partial charge >= 0.3 is 5.97 Å². The van der Waals surface area contributed by atoms with E-state index in [1.807, 2.05) is 0 Å². The van der Waals surface area contributed by atoms with E-state index in [0.29, 0.717) is 15.1 Å². The maximum Gasteiger partial charge on any atom is 0.338 e. The number of hydrogen-bond donors (Lipinski definition) is 1. The van der Waals surface area contributed by atoms with Crippen molar-refractivity contribution in [2.45, 2.75) is 10.1 Å². The first-order valence-corrected chi connectivity index (χ1v) is 5.84. The lowest BCUT2D eigenvalue weighted by atomic mass is 10.3. The van der Waals surface area contributed by atoms with Crippen LogP contribution in [0.15, 0.2) is 46.7 Å². The molecule has 2 rings (SSSR count). The largest absolute Gasteiger partial charge is 0.478 e. The van der Waals surface area contributed by atoms with Crippen molar-refractivity contribution >= 4 is 29.3 Å². The zero-order valence-electron chi connectivity index (χ0n) is 8.50. The van der Waals surface area contributed by atoms with Crippen LogP contribution in [0.1, 0.15) is 10.4 Å². The first kappa shape index (κ1) is 11.9. The Labute approximate surface area is 107 Å². The Kier molecular flexibility index (Phi) is 3.61. The Morgan fingerprint density at radius 1 is 1.18 bits per heavy atom. The Morgan fingerprint density at radius 2 is 1.82 bits per heavy atom. The van der Waals surface area contributed by atoms with Gasteiger partial charge in [0.15, 0.2) is 0 Å². The maximum atomic E-state index is 11.0. The lowest BCUT2D eigenvalue weighted by molar-refractivity contribution is 0.0692. The second-order valence-corrected chi connectivity index (χ2v) is 4.44. The molecular weight excluding hydrogens is 260 g/mol. The van der Waals surface area contributed by atoms with Crippen LogP contribution in [-0.2, 0) is 0 Å². The molecule has 0 radical (unpaired) electrons. The number of nitrogens with zero attached hydrogens (tertiary/aromatic N) is 2. The molecule has 0 amide bonds. The van der Waals surface area contributed by atoms with Crippen LogP contribution in [0, 0.1) is 0 Å². The van der Waals surface area contributed by atoms with E-state index in [1.165, 1.54) is 12.3 Å². The van der Waals surface area contributed by atoms with Gasteiger partial charge in [0.2, 0.25) is 0 Å². The molecule has 2 heterocycles. The monoisotopic (exact) mass is 266 g/mol. The predicted octanol–water partition coefficient (Wildman–Crippen LogP) is 2.98. The number of carboxylic acids is 1. The smallest absolute Gasteiger partial charge is 0.338 e. The normalized spacial score (nSPS) is 10.2. The fourth-order valence-corrected chi connectivity index (χ4v) is 2.25. The van der Waals surface area contributed by atoms with Gasteiger partial charge in [0.05, 0.1) is 10.6 Å². The van der Waals surface area contributed by atoms with Crippen molar-refractivity contribution < 1.29 is 9.90 Å². The van der Waals surface area contributed by atoms with Gasteiger partial charge in [-0.25, -0.2) is 14.8 Å². The minimum Gasteiger partial charge on any atom is -0.478 e. The van der Waals surface area contributed by atoms with Gasteiger partial charge in [0.1, 0.15) is 10.1 Å². The highest BCUT2D eigenvalue weighted by atomic mass is 35.5. The van der Waals surface area contributed by atoms with Crippen molar-refractivity contribution in [3.8, 4) is 0 Å². The molecule has 0 aliphatic carbocycles. The highest BCUT2D eigenvalue weighted by Gasteiger charge is 2.13. The lowest BCUT2D eigenvalue weighted by Crippen LogP contribution is -2.00. The van der Waals surface area contributed by atoms with Crippen LogP contribution >= 0.6 is 23.4 Å². The van der Waals surface area contributed by atoms with Crippen LogP contribution in [-0.4, -0.2) is 21.0 Å². The van der Waals surface area contributed by atoms with Crippen molar-refractivity contribution in [1.82, 2.24) is 9.97 Å². The number of aromatic nitrogens is 2. The fourth-order valence-electron chi connectivity index (χ4n) is 1.17. The third-order valence-electron chi connectivity index (χ3n) is 1.92. The fraction of sp³-hybridized carbons (Fsp3) is 0. The Morgan fingerprint density at radius 3 is 2.47 bits per heavy atom. The standard InChI is InChI=1S/C11H7ClN2O2S/c12-8-4-2-6-14-10(8)17-9-7(11(15)16)3-1-5-13-9/h1-6H,(H,15,16). The molecule has 0 bridgehead atoms. The molecule has 0 atom stereocenters. The van der Waals surface area contributed by atoms with Crippen molar-refractivity contribution in [3.05, 3.63) is 47.2 Å². The summed E-state index contributed by atoms with van der Waals surface area (Å²) in [5, 5.41) is 10.4. The van der Waals surface area contributed by atoms with E-state index in [-0.39, 0.29) is 5.56 Å². The van der Waals surface area contributed by atoms with Gasteiger partial charge in [0.25, 0.3) is 0 Å². The summed E-state index contributed by atoms with van der Waals surface area (Å²) >= 11 is 7.08. The molecule has 0 saturated heterocycles. The van der Waals surface area contributed by atoms with E-state index >= 15 is 0 Å². The summed E-state index contributed by atoms with van der Waals surface area (Å²) < 4.78 is 0. The summed E-state index contributed by atoms with van der Waals surface area (Å²) in [5.74, 6) is -1.02. The summed E-state index contributed by atoms with van der Waals surface area (Å²) in [6.45, 7) is 0. The number of halogens is 1. The van der Waals surface area contributed by atoms with Crippen LogP contribution in [0.3, 0.4) is 0 Å². The van der Waals surface area contributed by atoms with Crippen molar-refractivity contribution in [3.63, 3.8) is 0 Å². The SMILES string of the molecule is O=C(O)c1cccnc1Sc1ncccc1Cl. The average Bonchev–Trinajstić information content (AvgIpc) is 2.32. The zero-order chi connectivity index (χ0) is 12.3. The highest BCUT2D eigenvalue weighted by molar-refractivity contribution is 7.99. The van der Waals surface area contributed by atoms with E-state index in [0.717, 1.165) is 11.8 Å². The van der Waals surface area contributed by atoms with Crippen LogP contribution in [0.2, 0.25) is 5.02 Å². The quantitative estimate of drug-likeness (QED) is 0.925. The minimum atomic E-state index is -1.02. The number of carbonyl (C=O) groups is 1. The summed E-state index contributed by atoms with van der Waals surface area (Å²) in [6.07, 6.45) is 3.13. The number of pyridine rings is 2. The van der Waals surface area contributed by atoms with E-state index in [9.17, 15) is 4.79 Å². The minimum absolute atomic E-state index is 0.138. The molecule has 0 saturated carbocycles. The lowest BCUT2D eigenvalue weighted by Gasteiger charge is -2.04. The third-order valence-corrected chi connectivity index (χ3v) is 3.37. The summed E-state index contributed by atoms with van der Waals surface area (Å²) in [5.41, 5.74) is 0.138. The maximum absolute atomic E-state index is 11.0. The van der Waals surface area contributed by atoms with Gasteiger partial charge in [0, 0.05) is 12.4 Å². The van der Waals surface area contributed by atoms with E-state index < -0.39 is 5.97 Å². The second kappa shape index (κ2) is 5.16. The summed E-state index contributed by atoms with van der Waals surface area (Å²) in [7, 11) is 0. The summed E-state index contributed by atoms with van der Waals surface area (Å²) in [6, 6.07) is 6.48. The number of rotatable bonds is 3. The van der Waals surface area contributed by atoms with Crippen LogP contribution in [0.25, 0.3) is 0 Å². The molecule has 2 aromatic heterocycles. The van der Waals surface area contributed by atoms with Gasteiger partial charge < -0.3 is 5.11 Å². The first-order chi connectivity index (χ1) is 8.18. The molecule has 0 spiro atoms. The molecule has 0 aliphatic rings. The molecular formula is C11H7ClN2O2S. The van der Waals surface area contributed by atoms with Crippen LogP contribution in [0.5, 0.6) is 0 Å². The molecule has 0 unspecified atom stereocenters. The van der Waals surface area contributed by atoms with Crippen LogP contribution in [0.4, 0.5) is 0 Å². The van der Waals surface area contributed by atoms with Crippen molar-refractivity contribution in [2.75, 3.05) is 0 Å². The van der Waals surface area contributed by atoms with Gasteiger partial charge in [-0.3, -0.25) is 0 Å². The molecule has 6 heteroatoms. The van der Waals surface area contributed by atoms with Crippen LogP contribution < -0.4 is 0 Å². The van der Waals surface area contributed by atoms with Gasteiger partial charge in [-0.15, -0.1) is 0 Å². The second-order valence-electron chi connectivity index (χ2n) is 3.05. The molecule has 4 nitrogen and oxygen atoms in total. The molecule has 86 valence electrons. The van der Waals surface area contributed by atoms with E-state index in [1.54, 1.807) is 24.4 Å². The van der Waals surface area contributed by atoms with Crippen molar-refractivity contribution in [2.24, 2.45) is 0 Å². The number of aromatic carboxylic acids is 1. The first-order valence-electron chi connectivity index (χ1n) is 4.65. The number of carboxylic acid groups (broad SMARTS) is 1. The zero-order valence-corrected chi connectivity index (χ0v) is 10.1. The van der Waals surface area contributed by atoms with Gasteiger partial charge in [-0.05, 0) is 36.0 Å². The molecule has 2 aromatic rings. The third kappa shape index (κ3) is 2.75. The topological polar surface area (TPSA) is 63.1 Å². The molecule has 1 N–H and O–H groups in total. The molecule has 17 heavy (non-hydrogen) atoms. The van der Waals surface area contributed by atoms with E-state index in [2.05, 4.69) is 9.97 Å². The van der Waals surface area contributed by atoms with Gasteiger partial charge in [-0.2, -0.15) is 0 Å². The Hall–Kier alpha value is -1.59. The average molecular weight is 267 g/mol. The highest BCUT2D eigenvalue weighted by Crippen LogP contribution is 2.31. The van der Waals surface area contributed by atoms with Crippen molar-refractivity contribution in [1.29, 1.82) is 0 Å². The Balaban J connectivity index is 2.37.